The maximum atomic E-state index is 11.4. The second kappa shape index (κ2) is 4.95. The Bertz CT molecular complexity index is 230. The lowest BCUT2D eigenvalue weighted by molar-refractivity contribution is -0.149. The molecule has 0 bridgehead atoms. The van der Waals surface area contributed by atoms with E-state index >= 15 is 0 Å². The number of nitrogens with one attached hydrogen (secondary N) is 2. The smallest absolute Gasteiger partial charge is 0.311 e. The van der Waals surface area contributed by atoms with Crippen molar-refractivity contribution >= 4 is 11.8 Å². The van der Waals surface area contributed by atoms with E-state index in [2.05, 4.69) is 10.6 Å². The fourth-order valence-electron chi connectivity index (χ4n) is 1.53. The molecule has 5 nitrogen and oxygen atoms in total. The van der Waals surface area contributed by atoms with Gasteiger partial charge < -0.3 is 15.5 Å². The number of carbonyl (C=O) groups is 2. The fraction of sp³-hybridized carbons (Fsp3) is 0.778. The van der Waals surface area contributed by atoms with Crippen LogP contribution < -0.4 is 10.6 Å². The SMILES string of the molecule is CNCCCN1CC(C)NC(=O)C1=O. The largest absolute Gasteiger partial charge is 0.344 e. The zero-order valence-electron chi connectivity index (χ0n) is 8.67. The van der Waals surface area contributed by atoms with E-state index in [0.29, 0.717) is 13.1 Å². The van der Waals surface area contributed by atoms with E-state index in [-0.39, 0.29) is 6.04 Å². The molecule has 2 amide bonds. The van der Waals surface area contributed by atoms with Gasteiger partial charge in [0.05, 0.1) is 0 Å². The topological polar surface area (TPSA) is 61.4 Å². The summed E-state index contributed by atoms with van der Waals surface area (Å²) in [6.07, 6.45) is 0.877. The molecule has 5 heteroatoms. The first-order valence-electron chi connectivity index (χ1n) is 4.89. The maximum Gasteiger partial charge on any atom is 0.311 e. The molecule has 1 rings (SSSR count). The minimum Gasteiger partial charge on any atom is -0.344 e. The summed E-state index contributed by atoms with van der Waals surface area (Å²) in [7, 11) is 1.87. The molecule has 1 saturated heterocycles. The van der Waals surface area contributed by atoms with Gasteiger partial charge in [0.25, 0.3) is 0 Å². The molecule has 0 aromatic heterocycles. The molecule has 2 N–H and O–H groups in total. The predicted octanol–water partition coefficient (Wildman–Crippen LogP) is -1.06. The molecule has 0 radical (unpaired) electrons. The molecule has 1 atom stereocenters. The second-order valence-electron chi connectivity index (χ2n) is 3.58. The van der Waals surface area contributed by atoms with Crippen molar-refractivity contribution in [2.24, 2.45) is 0 Å². The Morgan fingerprint density at radius 1 is 1.57 bits per heavy atom. The summed E-state index contributed by atoms with van der Waals surface area (Å²) in [6.45, 7) is 4.03. The normalized spacial score (nSPS) is 22.4. The van der Waals surface area contributed by atoms with Gasteiger partial charge in [-0.15, -0.1) is 0 Å². The molecular formula is C9H17N3O2. The Morgan fingerprint density at radius 2 is 2.29 bits per heavy atom. The van der Waals surface area contributed by atoms with Crippen LogP contribution >= 0.6 is 0 Å². The minimum atomic E-state index is -0.479. The first-order valence-corrected chi connectivity index (χ1v) is 4.89. The van der Waals surface area contributed by atoms with Crippen molar-refractivity contribution in [1.82, 2.24) is 15.5 Å². The number of carbonyl (C=O) groups excluding carboxylic acids is 2. The van der Waals surface area contributed by atoms with Gasteiger partial charge in [-0.05, 0) is 26.9 Å². The maximum absolute atomic E-state index is 11.4. The summed E-state index contributed by atoms with van der Waals surface area (Å²) < 4.78 is 0. The summed E-state index contributed by atoms with van der Waals surface area (Å²) in [6, 6.07) is 0.0646. The van der Waals surface area contributed by atoms with E-state index in [1.54, 1.807) is 4.90 Å². The van der Waals surface area contributed by atoms with Gasteiger partial charge in [0.1, 0.15) is 0 Å². The Balaban J connectivity index is 2.41. The van der Waals surface area contributed by atoms with Crippen LogP contribution in [0.5, 0.6) is 0 Å². The van der Waals surface area contributed by atoms with Crippen LogP contribution in [0.3, 0.4) is 0 Å². The Kier molecular flexibility index (Phi) is 3.88. The van der Waals surface area contributed by atoms with Crippen LogP contribution in [0.15, 0.2) is 0 Å². The van der Waals surface area contributed by atoms with Crippen molar-refractivity contribution in [3.8, 4) is 0 Å². The molecular weight excluding hydrogens is 182 g/mol. The number of nitrogens with zero attached hydrogens (tertiary/aromatic N) is 1. The highest BCUT2D eigenvalue weighted by Gasteiger charge is 2.29. The van der Waals surface area contributed by atoms with Gasteiger partial charge in [0.15, 0.2) is 0 Å². The first kappa shape index (κ1) is 11.0. The highest BCUT2D eigenvalue weighted by molar-refractivity contribution is 6.35. The van der Waals surface area contributed by atoms with Gasteiger partial charge in [-0.1, -0.05) is 0 Å². The van der Waals surface area contributed by atoms with E-state index in [1.165, 1.54) is 0 Å². The van der Waals surface area contributed by atoms with Crippen LogP contribution in [0.1, 0.15) is 13.3 Å². The molecule has 0 spiro atoms. The van der Waals surface area contributed by atoms with Crippen LogP contribution in [-0.4, -0.2) is 49.4 Å². The van der Waals surface area contributed by atoms with Gasteiger partial charge in [-0.2, -0.15) is 0 Å². The fourth-order valence-corrected chi connectivity index (χ4v) is 1.53. The van der Waals surface area contributed by atoms with Crippen LogP contribution in [0.4, 0.5) is 0 Å². The third-order valence-electron chi connectivity index (χ3n) is 2.21. The molecule has 0 aromatic rings. The van der Waals surface area contributed by atoms with Crippen LogP contribution in [0.25, 0.3) is 0 Å². The average molecular weight is 199 g/mol. The predicted molar refractivity (Wildman–Crippen MR) is 52.7 cm³/mol. The second-order valence-corrected chi connectivity index (χ2v) is 3.58. The summed E-state index contributed by atoms with van der Waals surface area (Å²) in [5, 5.41) is 5.61. The quantitative estimate of drug-likeness (QED) is 0.448. The van der Waals surface area contributed by atoms with Gasteiger partial charge in [-0.25, -0.2) is 0 Å². The summed E-state index contributed by atoms with van der Waals surface area (Å²) in [5.41, 5.74) is 0. The molecule has 0 aromatic carbocycles. The average Bonchev–Trinajstić information content (AvgIpc) is 2.13. The van der Waals surface area contributed by atoms with Crippen LogP contribution in [-0.2, 0) is 9.59 Å². The van der Waals surface area contributed by atoms with E-state index in [0.717, 1.165) is 13.0 Å². The van der Waals surface area contributed by atoms with Gasteiger partial charge in [-0.3, -0.25) is 9.59 Å². The third kappa shape index (κ3) is 2.70. The van der Waals surface area contributed by atoms with Crippen molar-refractivity contribution in [2.75, 3.05) is 26.7 Å². The van der Waals surface area contributed by atoms with E-state index < -0.39 is 11.8 Å². The lowest BCUT2D eigenvalue weighted by atomic mass is 10.2. The van der Waals surface area contributed by atoms with Crippen LogP contribution in [0.2, 0.25) is 0 Å². The first-order chi connectivity index (χ1) is 6.65. The number of rotatable bonds is 4. The molecule has 1 aliphatic heterocycles. The Morgan fingerprint density at radius 3 is 2.93 bits per heavy atom. The van der Waals surface area contributed by atoms with Gasteiger partial charge in [0, 0.05) is 19.1 Å². The standard InChI is InChI=1S/C9H17N3O2/c1-7-6-12(5-3-4-10-2)9(14)8(13)11-7/h7,10H,3-6H2,1-2H3,(H,11,13). The van der Waals surface area contributed by atoms with E-state index in [4.69, 9.17) is 0 Å². The zero-order chi connectivity index (χ0) is 10.6. The molecule has 80 valence electrons. The third-order valence-corrected chi connectivity index (χ3v) is 2.21. The van der Waals surface area contributed by atoms with Crippen molar-refractivity contribution in [1.29, 1.82) is 0 Å². The number of hydrogen-bond donors (Lipinski definition) is 2. The lowest BCUT2D eigenvalue weighted by Gasteiger charge is -2.30. The molecule has 1 fully saturated rings. The van der Waals surface area contributed by atoms with Crippen molar-refractivity contribution in [2.45, 2.75) is 19.4 Å². The molecule has 1 aliphatic rings. The highest BCUT2D eigenvalue weighted by atomic mass is 16.2. The Hall–Kier alpha value is -1.10. The summed E-state index contributed by atoms with van der Waals surface area (Å²) >= 11 is 0. The van der Waals surface area contributed by atoms with Gasteiger partial charge >= 0.3 is 11.8 Å². The highest BCUT2D eigenvalue weighted by Crippen LogP contribution is 2.01. The van der Waals surface area contributed by atoms with E-state index in [9.17, 15) is 9.59 Å². The Labute approximate surface area is 83.8 Å². The molecule has 1 heterocycles. The molecule has 0 aliphatic carbocycles. The number of piperazine rings is 1. The summed E-state index contributed by atoms with van der Waals surface area (Å²) in [4.78, 5) is 24.1. The zero-order valence-corrected chi connectivity index (χ0v) is 8.67. The van der Waals surface area contributed by atoms with Crippen molar-refractivity contribution in [3.05, 3.63) is 0 Å². The molecule has 0 saturated carbocycles. The minimum absolute atomic E-state index is 0.0646. The molecule has 14 heavy (non-hydrogen) atoms. The van der Waals surface area contributed by atoms with Gasteiger partial charge in [0.2, 0.25) is 0 Å². The van der Waals surface area contributed by atoms with E-state index in [1.807, 2.05) is 14.0 Å². The van der Waals surface area contributed by atoms with Crippen molar-refractivity contribution < 1.29 is 9.59 Å². The lowest BCUT2D eigenvalue weighted by Crippen LogP contribution is -2.56. The van der Waals surface area contributed by atoms with Crippen molar-refractivity contribution in [3.63, 3.8) is 0 Å². The monoisotopic (exact) mass is 199 g/mol. The van der Waals surface area contributed by atoms with Crippen LogP contribution in [0, 0.1) is 0 Å². The number of hydrogen-bond acceptors (Lipinski definition) is 3. The molecule has 1 unspecified atom stereocenters. The summed E-state index contributed by atoms with van der Waals surface area (Å²) in [5.74, 6) is -0.882. The number of amides is 2.